The molecule has 1 unspecified atom stereocenters. The third-order valence-corrected chi connectivity index (χ3v) is 4.75. The SMILES string of the molecule is COCC1(C(=O)O)CCN(C(=O)Cc2ccc3ccccc3c2)C1. The molecule has 3 rings (SSSR count). The molecule has 0 bridgehead atoms. The van der Waals surface area contributed by atoms with Crippen LogP contribution in [-0.2, 0) is 20.7 Å². The lowest BCUT2D eigenvalue weighted by Gasteiger charge is -2.23. The van der Waals surface area contributed by atoms with Crippen molar-refractivity contribution in [3.05, 3.63) is 48.0 Å². The Morgan fingerprint density at radius 2 is 1.96 bits per heavy atom. The van der Waals surface area contributed by atoms with E-state index in [1.54, 1.807) is 4.90 Å². The van der Waals surface area contributed by atoms with Crippen LogP contribution in [0.1, 0.15) is 12.0 Å². The lowest BCUT2D eigenvalue weighted by atomic mass is 9.88. The quantitative estimate of drug-likeness (QED) is 0.915. The molecule has 1 saturated heterocycles. The Morgan fingerprint density at radius 1 is 1.21 bits per heavy atom. The zero-order chi connectivity index (χ0) is 17.2. The van der Waals surface area contributed by atoms with E-state index in [2.05, 4.69) is 0 Å². The van der Waals surface area contributed by atoms with E-state index >= 15 is 0 Å². The number of likely N-dealkylation sites (tertiary alicyclic amines) is 1. The van der Waals surface area contributed by atoms with Gasteiger partial charge in [-0.1, -0.05) is 42.5 Å². The molecular formula is C19H21NO4. The van der Waals surface area contributed by atoms with E-state index in [4.69, 9.17) is 4.74 Å². The van der Waals surface area contributed by atoms with Crippen LogP contribution in [0.15, 0.2) is 42.5 Å². The van der Waals surface area contributed by atoms with Crippen molar-refractivity contribution in [3.63, 3.8) is 0 Å². The van der Waals surface area contributed by atoms with E-state index in [1.807, 2.05) is 42.5 Å². The summed E-state index contributed by atoms with van der Waals surface area (Å²) in [5.41, 5.74) is -0.0355. The monoisotopic (exact) mass is 327 g/mol. The normalized spacial score (nSPS) is 20.5. The van der Waals surface area contributed by atoms with Gasteiger partial charge in [0.05, 0.1) is 13.0 Å². The molecule has 1 heterocycles. The smallest absolute Gasteiger partial charge is 0.313 e. The van der Waals surface area contributed by atoms with Gasteiger partial charge < -0.3 is 14.7 Å². The summed E-state index contributed by atoms with van der Waals surface area (Å²) in [5.74, 6) is -0.935. The van der Waals surface area contributed by atoms with Gasteiger partial charge in [0, 0.05) is 20.2 Å². The van der Waals surface area contributed by atoms with E-state index in [-0.39, 0.29) is 25.5 Å². The highest BCUT2D eigenvalue weighted by Crippen LogP contribution is 2.31. The standard InChI is InChI=1S/C19H21NO4/c1-24-13-19(18(22)23)8-9-20(12-19)17(21)11-14-6-7-15-4-2-3-5-16(15)10-14/h2-7,10H,8-9,11-13H2,1H3,(H,22,23). The lowest BCUT2D eigenvalue weighted by molar-refractivity contribution is -0.151. The summed E-state index contributed by atoms with van der Waals surface area (Å²) in [6, 6.07) is 14.0. The number of ether oxygens (including phenoxy) is 1. The number of carbonyl (C=O) groups is 2. The van der Waals surface area contributed by atoms with Crippen LogP contribution in [0.2, 0.25) is 0 Å². The van der Waals surface area contributed by atoms with Gasteiger partial charge in [0.1, 0.15) is 5.41 Å². The number of nitrogens with zero attached hydrogens (tertiary/aromatic N) is 1. The van der Waals surface area contributed by atoms with E-state index in [9.17, 15) is 14.7 Å². The third-order valence-electron chi connectivity index (χ3n) is 4.75. The zero-order valence-corrected chi connectivity index (χ0v) is 13.7. The van der Waals surface area contributed by atoms with Gasteiger partial charge in [-0.25, -0.2) is 0 Å². The van der Waals surface area contributed by atoms with Crippen LogP contribution in [0.4, 0.5) is 0 Å². The Kier molecular flexibility index (Phi) is 4.53. The van der Waals surface area contributed by atoms with Crippen LogP contribution in [0, 0.1) is 5.41 Å². The van der Waals surface area contributed by atoms with Gasteiger partial charge in [-0.3, -0.25) is 9.59 Å². The first-order valence-corrected chi connectivity index (χ1v) is 8.02. The summed E-state index contributed by atoms with van der Waals surface area (Å²) >= 11 is 0. The maximum Gasteiger partial charge on any atom is 0.313 e. The number of benzene rings is 2. The molecule has 1 N–H and O–H groups in total. The van der Waals surface area contributed by atoms with Crippen LogP contribution >= 0.6 is 0 Å². The van der Waals surface area contributed by atoms with Crippen LogP contribution in [0.25, 0.3) is 10.8 Å². The van der Waals surface area contributed by atoms with Crippen molar-refractivity contribution >= 4 is 22.6 Å². The minimum atomic E-state index is -0.978. The molecule has 2 aromatic carbocycles. The number of carboxylic acid groups (broad SMARTS) is 1. The Balaban J connectivity index is 1.71. The van der Waals surface area contributed by atoms with Crippen molar-refractivity contribution in [1.82, 2.24) is 4.90 Å². The van der Waals surface area contributed by atoms with Crippen molar-refractivity contribution in [2.45, 2.75) is 12.8 Å². The number of fused-ring (bicyclic) bond motifs is 1. The first kappa shape index (κ1) is 16.5. The fraction of sp³-hybridized carbons (Fsp3) is 0.368. The molecule has 0 saturated carbocycles. The van der Waals surface area contributed by atoms with Gasteiger partial charge >= 0.3 is 5.97 Å². The number of carbonyl (C=O) groups excluding carboxylic acids is 1. The first-order valence-electron chi connectivity index (χ1n) is 8.02. The Hall–Kier alpha value is -2.40. The molecule has 5 nitrogen and oxygen atoms in total. The molecule has 1 aliphatic heterocycles. The largest absolute Gasteiger partial charge is 0.481 e. The molecule has 2 aromatic rings. The molecule has 0 spiro atoms. The molecule has 1 fully saturated rings. The van der Waals surface area contributed by atoms with E-state index in [0.29, 0.717) is 13.0 Å². The minimum Gasteiger partial charge on any atom is -0.481 e. The van der Waals surface area contributed by atoms with Gasteiger partial charge in [0.25, 0.3) is 0 Å². The molecule has 5 heteroatoms. The average molecular weight is 327 g/mol. The second-order valence-corrected chi connectivity index (χ2v) is 6.44. The molecule has 0 aliphatic carbocycles. The molecule has 1 amide bonds. The second-order valence-electron chi connectivity index (χ2n) is 6.44. The van der Waals surface area contributed by atoms with E-state index in [0.717, 1.165) is 16.3 Å². The van der Waals surface area contributed by atoms with Gasteiger partial charge in [-0.15, -0.1) is 0 Å². The number of methoxy groups -OCH3 is 1. The molecular weight excluding hydrogens is 306 g/mol. The summed E-state index contributed by atoms with van der Waals surface area (Å²) in [4.78, 5) is 25.8. The first-order chi connectivity index (χ1) is 11.5. The minimum absolute atomic E-state index is 0.0375. The van der Waals surface area contributed by atoms with Gasteiger partial charge in [0.15, 0.2) is 0 Å². The number of rotatable bonds is 5. The molecule has 1 aliphatic rings. The van der Waals surface area contributed by atoms with Gasteiger partial charge in [-0.05, 0) is 22.8 Å². The highest BCUT2D eigenvalue weighted by Gasteiger charge is 2.46. The van der Waals surface area contributed by atoms with Crippen LogP contribution in [0.3, 0.4) is 0 Å². The summed E-state index contributed by atoms with van der Waals surface area (Å²) in [7, 11) is 1.49. The fourth-order valence-electron chi connectivity index (χ4n) is 3.35. The molecule has 24 heavy (non-hydrogen) atoms. The molecule has 1 atom stereocenters. The number of amides is 1. The Bertz CT molecular complexity index is 773. The fourth-order valence-corrected chi connectivity index (χ4v) is 3.35. The molecule has 126 valence electrons. The van der Waals surface area contributed by atoms with Crippen molar-refractivity contribution < 1.29 is 19.4 Å². The van der Waals surface area contributed by atoms with Gasteiger partial charge in [0.2, 0.25) is 5.91 Å². The second kappa shape index (κ2) is 6.61. The van der Waals surface area contributed by atoms with Crippen LogP contribution < -0.4 is 0 Å². The molecule has 0 aromatic heterocycles. The van der Waals surface area contributed by atoms with Crippen molar-refractivity contribution in [2.75, 3.05) is 26.8 Å². The Labute approximate surface area is 140 Å². The number of hydrogen-bond donors (Lipinski definition) is 1. The highest BCUT2D eigenvalue weighted by atomic mass is 16.5. The van der Waals surface area contributed by atoms with Crippen molar-refractivity contribution in [1.29, 1.82) is 0 Å². The predicted molar refractivity (Wildman–Crippen MR) is 90.8 cm³/mol. The van der Waals surface area contributed by atoms with Crippen molar-refractivity contribution in [3.8, 4) is 0 Å². The summed E-state index contributed by atoms with van der Waals surface area (Å²) in [5, 5.41) is 11.7. The van der Waals surface area contributed by atoms with Crippen molar-refractivity contribution in [2.24, 2.45) is 5.41 Å². The lowest BCUT2D eigenvalue weighted by Crippen LogP contribution is -2.40. The summed E-state index contributed by atoms with van der Waals surface area (Å²) in [6.07, 6.45) is 0.715. The number of hydrogen-bond acceptors (Lipinski definition) is 3. The number of aliphatic carboxylic acids is 1. The van der Waals surface area contributed by atoms with Gasteiger partial charge in [-0.2, -0.15) is 0 Å². The maximum absolute atomic E-state index is 12.6. The molecule has 0 radical (unpaired) electrons. The van der Waals surface area contributed by atoms with Crippen LogP contribution in [-0.4, -0.2) is 48.7 Å². The predicted octanol–water partition coefficient (Wildman–Crippen LogP) is 2.33. The van der Waals surface area contributed by atoms with E-state index in [1.165, 1.54) is 7.11 Å². The summed E-state index contributed by atoms with van der Waals surface area (Å²) < 4.78 is 5.07. The number of carboxylic acids is 1. The maximum atomic E-state index is 12.6. The topological polar surface area (TPSA) is 66.8 Å². The highest BCUT2D eigenvalue weighted by molar-refractivity contribution is 5.86. The third kappa shape index (κ3) is 3.12. The Morgan fingerprint density at radius 3 is 2.67 bits per heavy atom. The summed E-state index contributed by atoms with van der Waals surface area (Å²) in [6.45, 7) is 0.798. The van der Waals surface area contributed by atoms with Crippen LogP contribution in [0.5, 0.6) is 0 Å². The van der Waals surface area contributed by atoms with E-state index < -0.39 is 11.4 Å². The zero-order valence-electron chi connectivity index (χ0n) is 13.7. The average Bonchev–Trinajstić information content (AvgIpc) is 3.01.